The van der Waals surface area contributed by atoms with Crippen LogP contribution in [0, 0.1) is 10.8 Å². The van der Waals surface area contributed by atoms with E-state index >= 15 is 0 Å². The molecule has 0 radical (unpaired) electrons. The Morgan fingerprint density at radius 2 is 2.00 bits per heavy atom. The number of alkyl halides is 1. The summed E-state index contributed by atoms with van der Waals surface area (Å²) in [6.07, 6.45) is 2.14. The molecule has 0 aromatic heterocycles. The summed E-state index contributed by atoms with van der Waals surface area (Å²) in [6.45, 7) is 4.19. The van der Waals surface area contributed by atoms with Gasteiger partial charge >= 0.3 is 0 Å². The molecule has 1 spiro atoms. The maximum Gasteiger partial charge on any atom is 0.157 e. The van der Waals surface area contributed by atoms with Crippen LogP contribution in [0.3, 0.4) is 0 Å². The fourth-order valence-electron chi connectivity index (χ4n) is 2.07. The molecule has 10 heavy (non-hydrogen) atoms. The zero-order valence-corrected chi connectivity index (χ0v) is 7.03. The zero-order chi connectivity index (χ0) is 7.57. The highest BCUT2D eigenvalue weighted by Crippen LogP contribution is 2.70. The SMILES string of the molecule is CC1(C)C(Cl)C(=O)C12CC2. The maximum absolute atomic E-state index is 11.2. The molecule has 0 aromatic rings. The minimum absolute atomic E-state index is 0.0272. The molecule has 2 aliphatic carbocycles. The summed E-state index contributed by atoms with van der Waals surface area (Å²) in [7, 11) is 0. The van der Waals surface area contributed by atoms with Crippen LogP contribution in [-0.4, -0.2) is 11.2 Å². The third kappa shape index (κ3) is 0.430. The van der Waals surface area contributed by atoms with E-state index < -0.39 is 0 Å². The molecule has 2 aliphatic rings. The Kier molecular flexibility index (Phi) is 0.949. The summed E-state index contributed by atoms with van der Waals surface area (Å²) in [6, 6.07) is 0. The quantitative estimate of drug-likeness (QED) is 0.493. The molecule has 56 valence electrons. The van der Waals surface area contributed by atoms with E-state index in [9.17, 15) is 4.79 Å². The van der Waals surface area contributed by atoms with Gasteiger partial charge in [0.05, 0.1) is 5.38 Å². The molecular weight excluding hydrogens is 148 g/mol. The van der Waals surface area contributed by atoms with Gasteiger partial charge in [-0.15, -0.1) is 11.6 Å². The van der Waals surface area contributed by atoms with Gasteiger partial charge in [-0.1, -0.05) is 13.8 Å². The Hall–Kier alpha value is -0.0400. The molecule has 0 aliphatic heterocycles. The van der Waals surface area contributed by atoms with Gasteiger partial charge in [0, 0.05) is 10.8 Å². The largest absolute Gasteiger partial charge is 0.297 e. The normalized spacial score (nSPS) is 39.5. The predicted octanol–water partition coefficient (Wildman–Crippen LogP) is 1.98. The van der Waals surface area contributed by atoms with Crippen LogP contribution in [0.15, 0.2) is 0 Å². The zero-order valence-electron chi connectivity index (χ0n) is 6.28. The highest BCUT2D eigenvalue weighted by atomic mass is 35.5. The fraction of sp³-hybridized carbons (Fsp3) is 0.875. The Morgan fingerprint density at radius 3 is 2.20 bits per heavy atom. The van der Waals surface area contributed by atoms with Crippen molar-refractivity contribution in [2.24, 2.45) is 10.8 Å². The number of carbonyl (C=O) groups is 1. The van der Waals surface area contributed by atoms with E-state index in [2.05, 4.69) is 13.8 Å². The molecule has 0 aromatic carbocycles. The van der Waals surface area contributed by atoms with E-state index in [1.165, 1.54) is 0 Å². The number of halogens is 1. The summed E-state index contributed by atoms with van der Waals surface area (Å²) < 4.78 is 0. The van der Waals surface area contributed by atoms with Gasteiger partial charge in [0.25, 0.3) is 0 Å². The molecule has 0 saturated heterocycles. The van der Waals surface area contributed by atoms with Crippen molar-refractivity contribution >= 4 is 17.4 Å². The molecule has 1 unspecified atom stereocenters. The summed E-state index contributed by atoms with van der Waals surface area (Å²) in [4.78, 5) is 11.2. The second-order valence-corrected chi connectivity index (χ2v) is 4.47. The number of carbonyl (C=O) groups excluding carboxylic acids is 1. The Balaban J connectivity index is 2.32. The summed E-state index contributed by atoms with van der Waals surface area (Å²) in [5, 5.41) is -0.213. The Labute approximate surface area is 65.7 Å². The first-order valence-electron chi connectivity index (χ1n) is 3.71. The van der Waals surface area contributed by atoms with Gasteiger partial charge in [0.2, 0.25) is 0 Å². The average Bonchev–Trinajstić information content (AvgIpc) is 2.64. The molecule has 0 bridgehead atoms. The van der Waals surface area contributed by atoms with Crippen molar-refractivity contribution in [2.45, 2.75) is 32.1 Å². The van der Waals surface area contributed by atoms with Crippen LogP contribution in [0.4, 0.5) is 0 Å². The van der Waals surface area contributed by atoms with Crippen LogP contribution in [0.5, 0.6) is 0 Å². The van der Waals surface area contributed by atoms with Crippen LogP contribution < -0.4 is 0 Å². The molecule has 2 heteroatoms. The highest BCUT2D eigenvalue weighted by Gasteiger charge is 2.72. The van der Waals surface area contributed by atoms with Crippen molar-refractivity contribution in [3.8, 4) is 0 Å². The first kappa shape index (κ1) is 6.66. The standard InChI is InChI=1S/C8H11ClO/c1-7(2)5(9)6(10)8(7)3-4-8/h5H,3-4H2,1-2H3. The van der Waals surface area contributed by atoms with E-state index in [0.717, 1.165) is 12.8 Å². The first-order chi connectivity index (χ1) is 4.52. The lowest BCUT2D eigenvalue weighted by atomic mass is 9.58. The fourth-order valence-corrected chi connectivity index (χ4v) is 2.49. The Morgan fingerprint density at radius 1 is 1.50 bits per heavy atom. The van der Waals surface area contributed by atoms with Gasteiger partial charge in [-0.2, -0.15) is 0 Å². The van der Waals surface area contributed by atoms with Gasteiger partial charge in [-0.25, -0.2) is 0 Å². The van der Waals surface area contributed by atoms with Crippen LogP contribution >= 0.6 is 11.6 Å². The lowest BCUT2D eigenvalue weighted by Crippen LogP contribution is -2.57. The predicted molar refractivity (Wildman–Crippen MR) is 40.1 cm³/mol. The van der Waals surface area contributed by atoms with E-state index in [4.69, 9.17) is 11.6 Å². The summed E-state index contributed by atoms with van der Waals surface area (Å²) >= 11 is 5.87. The van der Waals surface area contributed by atoms with E-state index in [1.54, 1.807) is 0 Å². The first-order valence-corrected chi connectivity index (χ1v) is 4.14. The number of ketones is 1. The number of Topliss-reactive ketones (excluding diaryl/α,β-unsaturated/α-hetero) is 1. The monoisotopic (exact) mass is 158 g/mol. The highest BCUT2D eigenvalue weighted by molar-refractivity contribution is 6.36. The lowest BCUT2D eigenvalue weighted by molar-refractivity contribution is -0.142. The van der Waals surface area contributed by atoms with Crippen LogP contribution in [0.2, 0.25) is 0 Å². The van der Waals surface area contributed by atoms with Gasteiger partial charge in [0.1, 0.15) is 0 Å². The molecule has 0 N–H and O–H groups in total. The molecule has 0 heterocycles. The van der Waals surface area contributed by atoms with Crippen molar-refractivity contribution in [3.63, 3.8) is 0 Å². The van der Waals surface area contributed by atoms with E-state index in [0.29, 0.717) is 5.78 Å². The molecule has 1 nitrogen and oxygen atoms in total. The van der Waals surface area contributed by atoms with Gasteiger partial charge in [0.15, 0.2) is 5.78 Å². The van der Waals surface area contributed by atoms with Crippen LogP contribution in [-0.2, 0) is 4.79 Å². The van der Waals surface area contributed by atoms with E-state index in [1.807, 2.05) is 0 Å². The van der Waals surface area contributed by atoms with E-state index in [-0.39, 0.29) is 16.2 Å². The molecule has 1 atom stereocenters. The second kappa shape index (κ2) is 1.42. The average molecular weight is 159 g/mol. The molecule has 2 fully saturated rings. The van der Waals surface area contributed by atoms with Crippen LogP contribution in [0.1, 0.15) is 26.7 Å². The third-order valence-corrected chi connectivity index (χ3v) is 4.06. The molecule has 2 rings (SSSR count). The van der Waals surface area contributed by atoms with Crippen molar-refractivity contribution in [1.29, 1.82) is 0 Å². The number of hydrogen-bond donors (Lipinski definition) is 0. The topological polar surface area (TPSA) is 17.1 Å². The summed E-state index contributed by atoms with van der Waals surface area (Å²) in [5.74, 6) is 0.291. The lowest BCUT2D eigenvalue weighted by Gasteiger charge is -2.48. The smallest absolute Gasteiger partial charge is 0.157 e. The Bertz CT molecular complexity index is 203. The maximum atomic E-state index is 11.2. The molecule has 0 amide bonds. The van der Waals surface area contributed by atoms with Crippen molar-refractivity contribution in [3.05, 3.63) is 0 Å². The van der Waals surface area contributed by atoms with Gasteiger partial charge in [-0.05, 0) is 12.8 Å². The van der Waals surface area contributed by atoms with Crippen LogP contribution in [0.25, 0.3) is 0 Å². The molecule has 2 saturated carbocycles. The second-order valence-electron chi connectivity index (χ2n) is 4.03. The van der Waals surface area contributed by atoms with Crippen molar-refractivity contribution < 1.29 is 4.79 Å². The van der Waals surface area contributed by atoms with Crippen molar-refractivity contribution in [1.82, 2.24) is 0 Å². The van der Waals surface area contributed by atoms with Crippen molar-refractivity contribution in [2.75, 3.05) is 0 Å². The third-order valence-electron chi connectivity index (χ3n) is 3.32. The minimum atomic E-state index is -0.213. The minimum Gasteiger partial charge on any atom is -0.297 e. The van der Waals surface area contributed by atoms with Gasteiger partial charge < -0.3 is 0 Å². The summed E-state index contributed by atoms with van der Waals surface area (Å²) in [5.41, 5.74) is 0.102. The number of hydrogen-bond acceptors (Lipinski definition) is 1. The molecular formula is C8H11ClO. The number of rotatable bonds is 0. The van der Waals surface area contributed by atoms with Gasteiger partial charge in [-0.3, -0.25) is 4.79 Å².